The van der Waals surface area contributed by atoms with Crippen LogP contribution < -0.4 is 8.79 Å². The average molecular weight is 827 g/mol. The average Bonchev–Trinajstić information content (AvgIpc) is 2.79. The molecule has 0 nitrogen and oxygen atoms in total. The predicted molar refractivity (Wildman–Crippen MR) is 247 cm³/mol. The number of hydrogen-bond donors (Lipinski definition) is 0. The number of hydrogen-bond acceptors (Lipinski definition) is 0. The zero-order valence-electron chi connectivity index (χ0n) is 37.2. The van der Waals surface area contributed by atoms with E-state index in [4.69, 9.17) is 0 Å². The van der Waals surface area contributed by atoms with Gasteiger partial charge in [-0.2, -0.15) is 0 Å². The van der Waals surface area contributed by atoms with Gasteiger partial charge in [0.05, 0.1) is 0 Å². The second kappa shape index (κ2) is 13.9. The third kappa shape index (κ3) is 7.92. The first-order chi connectivity index (χ1) is 21.6. The summed E-state index contributed by atoms with van der Waals surface area (Å²) in [6.45, 7) is 64.2. The molecule has 1 aliphatic rings. The molecule has 2 aromatic carbocycles. The van der Waals surface area contributed by atoms with Gasteiger partial charge in [-0.3, -0.25) is 0 Å². The van der Waals surface area contributed by atoms with Crippen LogP contribution in [0.1, 0.15) is 103 Å². The summed E-state index contributed by atoms with van der Waals surface area (Å²) in [4.78, 5) is 0. The van der Waals surface area contributed by atoms with Crippen molar-refractivity contribution in [2.24, 2.45) is 0 Å². The fraction of sp³-hybridized carbons (Fsp3) is 0.714. The van der Waals surface area contributed by atoms with Crippen LogP contribution in [0, 0.1) is 0 Å². The Morgan fingerprint density at radius 3 is 1.04 bits per heavy atom. The molecule has 0 spiro atoms. The topological polar surface area (TPSA) is 0 Å². The molecule has 3 rings (SSSR count). The Morgan fingerprint density at radius 2 is 0.755 bits per heavy atom. The molecule has 2 aromatic rings. The molecule has 7 heteroatoms. The van der Waals surface area contributed by atoms with Gasteiger partial charge >= 0.3 is 320 Å². The first kappa shape index (κ1) is 43.7. The van der Waals surface area contributed by atoms with E-state index in [1.807, 2.05) is 19.9 Å². The third-order valence-electron chi connectivity index (χ3n) is 12.0. The third-order valence-corrected chi connectivity index (χ3v) is 58.8. The Balaban J connectivity index is 2.85. The van der Waals surface area contributed by atoms with Crippen molar-refractivity contribution in [3.63, 3.8) is 0 Å². The van der Waals surface area contributed by atoms with Crippen molar-refractivity contribution in [3.05, 3.63) is 57.6 Å². The van der Waals surface area contributed by atoms with Crippen molar-refractivity contribution < 1.29 is 0 Å². The van der Waals surface area contributed by atoms with Gasteiger partial charge < -0.3 is 0 Å². The van der Waals surface area contributed by atoms with Crippen LogP contribution in [-0.4, -0.2) is 62.8 Å². The van der Waals surface area contributed by atoms with Gasteiger partial charge in [0.15, 0.2) is 0 Å². The van der Waals surface area contributed by atoms with Crippen LogP contribution in [-0.2, 0) is 3.49 Å². The van der Waals surface area contributed by atoms with Crippen molar-refractivity contribution in [1.82, 2.24) is 0 Å². The quantitative estimate of drug-likeness (QED) is 0.187. The number of benzene rings is 2. The number of rotatable bonds is 12. The molecule has 0 unspecified atom stereocenters. The first-order valence-corrected chi connectivity index (χ1v) is 44.3. The molecule has 0 fully saturated rings. The van der Waals surface area contributed by atoms with Crippen LogP contribution in [0.4, 0.5) is 0 Å². The van der Waals surface area contributed by atoms with E-state index in [1.165, 1.54) is 0 Å². The van der Waals surface area contributed by atoms with Crippen molar-refractivity contribution in [1.29, 1.82) is 0 Å². The summed E-state index contributed by atoms with van der Waals surface area (Å²) in [6, 6.07) is 11.3. The molecule has 277 valence electrons. The van der Waals surface area contributed by atoms with Crippen LogP contribution in [0.2, 0.25) is 118 Å². The summed E-state index contributed by atoms with van der Waals surface area (Å²) in [5.41, 5.74) is 10.6. The monoisotopic (exact) mass is 827 g/mol. The Bertz CT molecular complexity index is 1420. The van der Waals surface area contributed by atoms with Crippen LogP contribution in [0.15, 0.2) is 24.3 Å². The Labute approximate surface area is 318 Å². The van der Waals surface area contributed by atoms with E-state index in [2.05, 4.69) is 184 Å². The molecule has 1 aliphatic heterocycles. The SMILES string of the molecule is CC(C)c1cc(C(C)C)[c]([Ge]2[c]3c(C([Si](C)(C)C)[Si](C)(C)C)cc(C([Si](C)(C)C)[Si](C)(C)C)cc3[C]2([Si](C)(C)C)[Si](C)(C)C)c(C(C)C)c1. The minimum atomic E-state index is -2.12. The summed E-state index contributed by atoms with van der Waals surface area (Å²) in [5, 5.41) is 1.56. The van der Waals surface area contributed by atoms with E-state index in [1.54, 1.807) is 22.3 Å². The summed E-state index contributed by atoms with van der Waals surface area (Å²) < 4.78 is 4.37. The molecule has 0 aliphatic carbocycles. The Morgan fingerprint density at radius 1 is 0.408 bits per heavy atom. The van der Waals surface area contributed by atoms with E-state index < -0.39 is 62.8 Å². The van der Waals surface area contributed by atoms with Crippen LogP contribution in [0.25, 0.3) is 0 Å². The molecule has 0 aromatic heterocycles. The van der Waals surface area contributed by atoms with E-state index >= 15 is 0 Å². The standard InChI is InChI=1S/C42H81GeSi6/c1-29(2)32-25-34(30(3)4)38(35(26-32)31(5)6)43-39-36(41(46(13,14)15)47(16,17)18)27-33(40(44(7,8)9)45(10,11)12)28-37(39)42(43,48(19,20)21)49(22,23)24/h25-31,40-41H,1-24H3. The molecule has 1 heterocycles. The maximum atomic E-state index is 2.96. The zero-order chi connectivity index (χ0) is 38.4. The first-order valence-electron chi connectivity index (χ1n) is 19.9. The summed E-state index contributed by atoms with van der Waals surface area (Å²) in [7, 11) is -9.56. The van der Waals surface area contributed by atoms with E-state index in [9.17, 15) is 0 Å². The predicted octanol–water partition coefficient (Wildman–Crippen LogP) is 12.9. The van der Waals surface area contributed by atoms with Crippen LogP contribution >= 0.6 is 0 Å². The summed E-state index contributed by atoms with van der Waals surface area (Å²) in [5.74, 6) is 1.65. The van der Waals surface area contributed by atoms with Crippen LogP contribution in [0.5, 0.6) is 0 Å². The second-order valence-corrected chi connectivity index (χ2v) is 64.3. The molecule has 0 bridgehead atoms. The Hall–Kier alpha value is 0.284. The van der Waals surface area contributed by atoms with Gasteiger partial charge in [-0.1, -0.05) is 0 Å². The molecule has 0 amide bonds. The fourth-order valence-electron chi connectivity index (χ4n) is 11.7. The van der Waals surface area contributed by atoms with Gasteiger partial charge in [-0.25, -0.2) is 0 Å². The summed E-state index contributed by atoms with van der Waals surface area (Å²) in [6.07, 6.45) is 0. The summed E-state index contributed by atoms with van der Waals surface area (Å²) >= 11 is -2.12. The molecule has 0 N–H and O–H groups in total. The second-order valence-electron chi connectivity index (χ2n) is 23.5. The van der Waals surface area contributed by atoms with Gasteiger partial charge in [-0.15, -0.1) is 0 Å². The molecule has 0 saturated heterocycles. The van der Waals surface area contributed by atoms with Crippen molar-refractivity contribution in [2.75, 3.05) is 0 Å². The molecular formula is C42H81GeSi6. The molecule has 1 radical (unpaired) electrons. The normalized spacial score (nSPS) is 16.8. The van der Waals surface area contributed by atoms with Crippen molar-refractivity contribution >= 4 is 71.6 Å². The van der Waals surface area contributed by atoms with E-state index in [-0.39, 0.29) is 0 Å². The molecule has 49 heavy (non-hydrogen) atoms. The van der Waals surface area contributed by atoms with Gasteiger partial charge in [-0.05, 0) is 0 Å². The van der Waals surface area contributed by atoms with Crippen molar-refractivity contribution in [3.8, 4) is 0 Å². The van der Waals surface area contributed by atoms with E-state index in [0.717, 1.165) is 10.3 Å². The molecule has 0 saturated carbocycles. The van der Waals surface area contributed by atoms with Gasteiger partial charge in [0, 0.05) is 0 Å². The fourth-order valence-corrected chi connectivity index (χ4v) is 70.4. The van der Waals surface area contributed by atoms with Gasteiger partial charge in [0.2, 0.25) is 0 Å². The molecular weight excluding hydrogens is 746 g/mol. The minimum absolute atomic E-state index is 0.444. The zero-order valence-corrected chi connectivity index (χ0v) is 45.3. The molecule has 0 atom stereocenters. The van der Waals surface area contributed by atoms with Crippen molar-refractivity contribution in [2.45, 2.75) is 191 Å². The van der Waals surface area contributed by atoms with Gasteiger partial charge in [0.1, 0.15) is 0 Å². The maximum absolute atomic E-state index is 2.96. The van der Waals surface area contributed by atoms with E-state index in [0.29, 0.717) is 21.2 Å². The Kier molecular flexibility index (Phi) is 12.3. The van der Waals surface area contributed by atoms with Gasteiger partial charge in [0.25, 0.3) is 0 Å². The number of fused-ring (bicyclic) bond motifs is 1. The van der Waals surface area contributed by atoms with Crippen LogP contribution in [0.3, 0.4) is 0 Å².